The first-order valence-electron chi connectivity index (χ1n) is 8.42. The van der Waals surface area contributed by atoms with Crippen molar-refractivity contribution in [1.29, 1.82) is 0 Å². The quantitative estimate of drug-likeness (QED) is 0.922. The van der Waals surface area contributed by atoms with E-state index in [1.807, 2.05) is 12.3 Å². The molecule has 2 aliphatic rings. The Balaban J connectivity index is 1.60. The topological polar surface area (TPSA) is 44.3 Å². The van der Waals surface area contributed by atoms with E-state index in [-0.39, 0.29) is 0 Å². The van der Waals surface area contributed by atoms with E-state index in [9.17, 15) is 0 Å². The smallest absolute Gasteiger partial charge is 0.227 e. The van der Waals surface area contributed by atoms with Crippen LogP contribution in [0.2, 0.25) is 0 Å². The third-order valence-corrected chi connectivity index (χ3v) is 4.70. The third-order valence-electron chi connectivity index (χ3n) is 4.70. The molecule has 1 aromatic rings. The zero-order valence-corrected chi connectivity index (χ0v) is 13.1. The first-order valence-corrected chi connectivity index (χ1v) is 8.42. The molecule has 1 aliphatic carbocycles. The van der Waals surface area contributed by atoms with Crippen LogP contribution in [0.25, 0.3) is 0 Å². The van der Waals surface area contributed by atoms with Gasteiger partial charge >= 0.3 is 0 Å². The van der Waals surface area contributed by atoms with Crippen molar-refractivity contribution in [1.82, 2.24) is 14.9 Å². The van der Waals surface area contributed by atoms with Crippen LogP contribution < -0.4 is 10.2 Å². The maximum Gasteiger partial charge on any atom is 0.227 e. The predicted octanol–water partition coefficient (Wildman–Crippen LogP) is 2.36. The molecule has 0 aromatic carbocycles. The Kier molecular flexibility index (Phi) is 4.91. The molecule has 0 atom stereocenters. The molecule has 0 bridgehead atoms. The summed E-state index contributed by atoms with van der Waals surface area (Å²) in [6.07, 6.45) is 8.50. The lowest BCUT2D eigenvalue weighted by atomic mass is 9.95. The summed E-state index contributed by atoms with van der Waals surface area (Å²) in [5, 5.41) is 3.59. The predicted molar refractivity (Wildman–Crippen MR) is 86.9 cm³/mol. The first-order chi connectivity index (χ1) is 10.3. The Morgan fingerprint density at radius 3 is 2.62 bits per heavy atom. The Labute approximate surface area is 127 Å². The molecule has 1 N–H and O–H groups in total. The van der Waals surface area contributed by atoms with Gasteiger partial charge in [0.15, 0.2) is 0 Å². The number of nitrogens with one attached hydrogen (secondary N) is 1. The van der Waals surface area contributed by atoms with Gasteiger partial charge in [0.05, 0.1) is 0 Å². The standard InChI is InChI=1S/C16H27N5/c1-2-20-10-12-21(13-11-20)16-17-9-8-15(19-16)18-14-6-4-3-5-7-14/h8-9,14H,2-7,10-13H2,1H3,(H,17,18,19). The second kappa shape index (κ2) is 7.07. The summed E-state index contributed by atoms with van der Waals surface area (Å²) in [5.41, 5.74) is 0. The van der Waals surface area contributed by atoms with Crippen LogP contribution in [0, 0.1) is 0 Å². The van der Waals surface area contributed by atoms with E-state index in [4.69, 9.17) is 4.98 Å². The number of hydrogen-bond acceptors (Lipinski definition) is 5. The zero-order chi connectivity index (χ0) is 14.5. The molecule has 3 rings (SSSR count). The van der Waals surface area contributed by atoms with Crippen LogP contribution in [0.4, 0.5) is 11.8 Å². The number of nitrogens with zero attached hydrogens (tertiary/aromatic N) is 4. The van der Waals surface area contributed by atoms with Crippen LogP contribution in [-0.2, 0) is 0 Å². The van der Waals surface area contributed by atoms with E-state index in [0.29, 0.717) is 6.04 Å². The molecular formula is C16H27N5. The van der Waals surface area contributed by atoms with Crippen molar-refractivity contribution in [3.63, 3.8) is 0 Å². The van der Waals surface area contributed by atoms with Gasteiger partial charge in [0.25, 0.3) is 0 Å². The zero-order valence-electron chi connectivity index (χ0n) is 13.1. The van der Waals surface area contributed by atoms with Gasteiger partial charge in [0.1, 0.15) is 5.82 Å². The number of aromatic nitrogens is 2. The van der Waals surface area contributed by atoms with Gasteiger partial charge < -0.3 is 15.1 Å². The van der Waals surface area contributed by atoms with Crippen LogP contribution in [0.15, 0.2) is 12.3 Å². The molecule has 21 heavy (non-hydrogen) atoms. The van der Waals surface area contributed by atoms with Gasteiger partial charge in [-0.15, -0.1) is 0 Å². The summed E-state index contributed by atoms with van der Waals surface area (Å²) in [6.45, 7) is 7.64. The maximum absolute atomic E-state index is 4.73. The third kappa shape index (κ3) is 3.84. The molecule has 116 valence electrons. The number of anilines is 2. The minimum absolute atomic E-state index is 0.596. The molecule has 5 nitrogen and oxygen atoms in total. The number of rotatable bonds is 4. The van der Waals surface area contributed by atoms with Crippen molar-refractivity contribution in [2.24, 2.45) is 0 Å². The van der Waals surface area contributed by atoms with Gasteiger partial charge in [-0.2, -0.15) is 4.98 Å². The van der Waals surface area contributed by atoms with E-state index in [2.05, 4.69) is 27.0 Å². The molecule has 1 aromatic heterocycles. The van der Waals surface area contributed by atoms with Crippen molar-refractivity contribution in [2.75, 3.05) is 42.9 Å². The fourth-order valence-electron chi connectivity index (χ4n) is 3.30. The van der Waals surface area contributed by atoms with E-state index < -0.39 is 0 Å². The highest BCUT2D eigenvalue weighted by Gasteiger charge is 2.19. The van der Waals surface area contributed by atoms with Crippen molar-refractivity contribution in [3.05, 3.63) is 12.3 Å². The fraction of sp³-hybridized carbons (Fsp3) is 0.750. The molecule has 2 heterocycles. The first kappa shape index (κ1) is 14.6. The molecule has 0 radical (unpaired) electrons. The van der Waals surface area contributed by atoms with Gasteiger partial charge in [0, 0.05) is 38.4 Å². The van der Waals surface area contributed by atoms with Crippen LogP contribution in [0.3, 0.4) is 0 Å². The molecule has 0 unspecified atom stereocenters. The minimum atomic E-state index is 0.596. The lowest BCUT2D eigenvalue weighted by Gasteiger charge is -2.34. The average molecular weight is 289 g/mol. The molecule has 1 aliphatic heterocycles. The largest absolute Gasteiger partial charge is 0.367 e. The summed E-state index contributed by atoms with van der Waals surface area (Å²) in [4.78, 5) is 14.0. The Morgan fingerprint density at radius 1 is 1.14 bits per heavy atom. The van der Waals surface area contributed by atoms with Crippen LogP contribution >= 0.6 is 0 Å². The van der Waals surface area contributed by atoms with Crippen molar-refractivity contribution < 1.29 is 0 Å². The van der Waals surface area contributed by atoms with Crippen molar-refractivity contribution in [3.8, 4) is 0 Å². The van der Waals surface area contributed by atoms with Gasteiger partial charge in [-0.05, 0) is 25.5 Å². The summed E-state index contributed by atoms with van der Waals surface area (Å²) in [5.74, 6) is 1.87. The van der Waals surface area contributed by atoms with Gasteiger partial charge in [-0.1, -0.05) is 26.2 Å². The highest BCUT2D eigenvalue weighted by molar-refractivity contribution is 5.42. The molecule has 0 spiro atoms. The summed E-state index contributed by atoms with van der Waals surface area (Å²) in [7, 11) is 0. The van der Waals surface area contributed by atoms with Gasteiger partial charge in [-0.25, -0.2) is 4.98 Å². The van der Waals surface area contributed by atoms with Crippen LogP contribution in [0.1, 0.15) is 39.0 Å². The van der Waals surface area contributed by atoms with E-state index in [1.165, 1.54) is 32.1 Å². The molecule has 2 fully saturated rings. The molecule has 1 saturated heterocycles. The van der Waals surface area contributed by atoms with E-state index in [1.54, 1.807) is 0 Å². The lowest BCUT2D eigenvalue weighted by Crippen LogP contribution is -2.46. The SMILES string of the molecule is CCN1CCN(c2nccc(NC3CCCCC3)n2)CC1. The van der Waals surface area contributed by atoms with E-state index >= 15 is 0 Å². The Morgan fingerprint density at radius 2 is 1.90 bits per heavy atom. The van der Waals surface area contributed by atoms with Gasteiger partial charge in [0.2, 0.25) is 5.95 Å². The highest BCUT2D eigenvalue weighted by atomic mass is 15.3. The molecule has 5 heteroatoms. The van der Waals surface area contributed by atoms with Crippen LogP contribution in [-0.4, -0.2) is 53.6 Å². The molecular weight excluding hydrogens is 262 g/mol. The Hall–Kier alpha value is -1.36. The van der Waals surface area contributed by atoms with Crippen LogP contribution in [0.5, 0.6) is 0 Å². The maximum atomic E-state index is 4.73. The number of likely N-dealkylation sites (N-methyl/N-ethyl adjacent to an activating group) is 1. The molecule has 1 saturated carbocycles. The summed E-state index contributed by atoms with van der Waals surface area (Å²) >= 11 is 0. The minimum Gasteiger partial charge on any atom is -0.367 e. The fourth-order valence-corrected chi connectivity index (χ4v) is 3.30. The monoisotopic (exact) mass is 289 g/mol. The second-order valence-corrected chi connectivity index (χ2v) is 6.14. The number of hydrogen-bond donors (Lipinski definition) is 1. The summed E-state index contributed by atoms with van der Waals surface area (Å²) < 4.78 is 0. The highest BCUT2D eigenvalue weighted by Crippen LogP contribution is 2.21. The molecule has 0 amide bonds. The second-order valence-electron chi connectivity index (χ2n) is 6.14. The Bertz CT molecular complexity index is 436. The van der Waals surface area contributed by atoms with Crippen molar-refractivity contribution >= 4 is 11.8 Å². The van der Waals surface area contributed by atoms with Crippen molar-refractivity contribution in [2.45, 2.75) is 45.1 Å². The number of piperazine rings is 1. The normalized spacial score (nSPS) is 21.5. The lowest BCUT2D eigenvalue weighted by molar-refractivity contribution is 0.270. The average Bonchev–Trinajstić information content (AvgIpc) is 2.56. The van der Waals surface area contributed by atoms with Gasteiger partial charge in [-0.3, -0.25) is 0 Å². The summed E-state index contributed by atoms with van der Waals surface area (Å²) in [6, 6.07) is 2.60. The van der Waals surface area contributed by atoms with E-state index in [0.717, 1.165) is 44.5 Å².